The van der Waals surface area contributed by atoms with Gasteiger partial charge in [0.1, 0.15) is 0 Å². The van der Waals surface area contributed by atoms with E-state index in [4.69, 9.17) is 5.73 Å². The summed E-state index contributed by atoms with van der Waals surface area (Å²) in [5, 5.41) is 0. The van der Waals surface area contributed by atoms with E-state index >= 15 is 0 Å². The van der Waals surface area contributed by atoms with E-state index in [-0.39, 0.29) is 6.04 Å². The number of hydrogen-bond acceptors (Lipinski definition) is 3. The molecular formula is C17H28BrN3. The van der Waals surface area contributed by atoms with Crippen LogP contribution in [0, 0.1) is 5.92 Å². The molecule has 4 heteroatoms. The molecule has 0 saturated carbocycles. The Hall–Kier alpha value is -0.580. The van der Waals surface area contributed by atoms with Gasteiger partial charge in [-0.1, -0.05) is 22.0 Å². The first-order chi connectivity index (χ1) is 9.95. The smallest absolute Gasteiger partial charge is 0.0377 e. The first-order valence-corrected chi connectivity index (χ1v) is 8.68. The molecule has 1 fully saturated rings. The summed E-state index contributed by atoms with van der Waals surface area (Å²) in [7, 11) is 4.33. The zero-order valence-corrected chi connectivity index (χ0v) is 15.1. The van der Waals surface area contributed by atoms with Crippen molar-refractivity contribution in [1.29, 1.82) is 0 Å². The first kappa shape index (κ1) is 16.8. The van der Waals surface area contributed by atoms with Gasteiger partial charge in [0.2, 0.25) is 0 Å². The van der Waals surface area contributed by atoms with E-state index < -0.39 is 0 Å². The van der Waals surface area contributed by atoms with Gasteiger partial charge in [-0.15, -0.1) is 0 Å². The van der Waals surface area contributed by atoms with E-state index in [1.165, 1.54) is 35.1 Å². The van der Waals surface area contributed by atoms with Crippen LogP contribution in [-0.4, -0.2) is 44.7 Å². The van der Waals surface area contributed by atoms with E-state index in [0.717, 1.165) is 25.4 Å². The van der Waals surface area contributed by atoms with E-state index in [2.05, 4.69) is 64.9 Å². The number of rotatable bonds is 5. The molecule has 2 N–H and O–H groups in total. The van der Waals surface area contributed by atoms with Gasteiger partial charge in [-0.05, 0) is 63.9 Å². The van der Waals surface area contributed by atoms with Gasteiger partial charge in [-0.3, -0.25) is 0 Å². The molecule has 1 saturated heterocycles. The molecule has 1 aliphatic rings. The second-order valence-electron chi connectivity index (χ2n) is 6.65. The van der Waals surface area contributed by atoms with Crippen molar-refractivity contribution in [2.24, 2.45) is 11.7 Å². The Morgan fingerprint density at radius 2 is 2.00 bits per heavy atom. The van der Waals surface area contributed by atoms with E-state index in [1.54, 1.807) is 0 Å². The summed E-state index contributed by atoms with van der Waals surface area (Å²) in [5.74, 6) is 0.844. The summed E-state index contributed by atoms with van der Waals surface area (Å²) in [4.78, 5) is 4.81. The lowest BCUT2D eigenvalue weighted by molar-refractivity contribution is 0.285. The van der Waals surface area contributed by atoms with Gasteiger partial charge in [0.15, 0.2) is 0 Å². The van der Waals surface area contributed by atoms with Crippen LogP contribution in [0.1, 0.15) is 25.3 Å². The molecule has 1 heterocycles. The topological polar surface area (TPSA) is 32.5 Å². The highest BCUT2D eigenvalue weighted by atomic mass is 79.9. The lowest BCUT2D eigenvalue weighted by atomic mass is 9.96. The molecule has 0 spiro atoms. The Morgan fingerprint density at radius 1 is 1.33 bits per heavy atom. The van der Waals surface area contributed by atoms with Crippen LogP contribution in [0.2, 0.25) is 0 Å². The van der Waals surface area contributed by atoms with Gasteiger partial charge >= 0.3 is 0 Å². The van der Waals surface area contributed by atoms with Crippen molar-refractivity contribution in [3.63, 3.8) is 0 Å². The fourth-order valence-corrected chi connectivity index (χ4v) is 3.66. The fraction of sp³-hybridized carbons (Fsp3) is 0.647. The van der Waals surface area contributed by atoms with E-state index in [0.29, 0.717) is 0 Å². The Kier molecular flexibility index (Phi) is 6.08. The van der Waals surface area contributed by atoms with E-state index in [9.17, 15) is 0 Å². The highest BCUT2D eigenvalue weighted by Crippen LogP contribution is 2.28. The second kappa shape index (κ2) is 7.61. The lowest BCUT2D eigenvalue weighted by Gasteiger charge is -2.35. The minimum atomic E-state index is 0.203. The molecule has 0 radical (unpaired) electrons. The monoisotopic (exact) mass is 353 g/mol. The maximum atomic E-state index is 5.89. The molecule has 0 amide bonds. The minimum Gasteiger partial charge on any atom is -0.371 e. The molecular weight excluding hydrogens is 326 g/mol. The summed E-state index contributed by atoms with van der Waals surface area (Å²) in [6.07, 6.45) is 3.50. The number of hydrogen-bond donors (Lipinski definition) is 1. The zero-order valence-electron chi connectivity index (χ0n) is 13.5. The normalized spacial score (nSPS) is 18.3. The van der Waals surface area contributed by atoms with Gasteiger partial charge in [0.05, 0.1) is 0 Å². The second-order valence-corrected chi connectivity index (χ2v) is 7.50. The van der Waals surface area contributed by atoms with Crippen LogP contribution in [0.5, 0.6) is 0 Å². The number of halogens is 1. The quantitative estimate of drug-likeness (QED) is 0.882. The van der Waals surface area contributed by atoms with Crippen LogP contribution in [-0.2, 0) is 6.42 Å². The highest BCUT2D eigenvalue weighted by Gasteiger charge is 2.20. The fourth-order valence-electron chi connectivity index (χ4n) is 3.14. The lowest BCUT2D eigenvalue weighted by Crippen LogP contribution is -2.37. The number of nitrogens with zero attached hydrogens (tertiary/aromatic N) is 2. The Balaban J connectivity index is 1.96. The van der Waals surface area contributed by atoms with Crippen molar-refractivity contribution >= 4 is 21.6 Å². The maximum Gasteiger partial charge on any atom is 0.0377 e. The predicted molar refractivity (Wildman–Crippen MR) is 95.0 cm³/mol. The third-order valence-electron chi connectivity index (χ3n) is 4.18. The largest absolute Gasteiger partial charge is 0.371 e. The highest BCUT2D eigenvalue weighted by molar-refractivity contribution is 9.10. The number of benzene rings is 1. The van der Waals surface area contributed by atoms with Crippen molar-refractivity contribution in [3.05, 3.63) is 28.2 Å². The SMILES string of the molecule is CC(N)Cc1ccc(N2CCC(CN(C)C)CC2)cc1Br. The minimum absolute atomic E-state index is 0.203. The first-order valence-electron chi connectivity index (χ1n) is 7.89. The molecule has 1 unspecified atom stereocenters. The van der Waals surface area contributed by atoms with Gasteiger partial charge in [-0.2, -0.15) is 0 Å². The van der Waals surface area contributed by atoms with Crippen LogP contribution in [0.4, 0.5) is 5.69 Å². The standard InChI is InChI=1S/C17H28BrN3/c1-13(19)10-15-4-5-16(11-17(15)18)21-8-6-14(7-9-21)12-20(2)3/h4-5,11,13-14H,6-10,12,19H2,1-3H3. The van der Waals surface area contributed by atoms with E-state index in [1.807, 2.05) is 0 Å². The molecule has 118 valence electrons. The molecule has 2 rings (SSSR count). The Labute approximate surface area is 137 Å². The van der Waals surface area contributed by atoms with Crippen LogP contribution in [0.25, 0.3) is 0 Å². The van der Waals surface area contributed by atoms with Crippen LogP contribution in [0.3, 0.4) is 0 Å². The van der Waals surface area contributed by atoms with Crippen molar-refractivity contribution in [3.8, 4) is 0 Å². The third-order valence-corrected chi connectivity index (χ3v) is 4.92. The number of nitrogens with two attached hydrogens (primary N) is 1. The van der Waals surface area contributed by atoms with Crippen LogP contribution >= 0.6 is 15.9 Å². The Morgan fingerprint density at radius 3 is 2.52 bits per heavy atom. The molecule has 3 nitrogen and oxygen atoms in total. The average Bonchev–Trinajstić information content (AvgIpc) is 2.41. The number of anilines is 1. The van der Waals surface area contributed by atoms with Crippen molar-refractivity contribution in [2.75, 3.05) is 38.6 Å². The van der Waals surface area contributed by atoms with Crippen molar-refractivity contribution in [1.82, 2.24) is 4.90 Å². The molecule has 1 aromatic carbocycles. The van der Waals surface area contributed by atoms with Gasteiger partial charge in [0.25, 0.3) is 0 Å². The summed E-state index contributed by atoms with van der Waals surface area (Å²) in [5.41, 5.74) is 8.53. The molecule has 0 aromatic heterocycles. The van der Waals surface area contributed by atoms with Crippen LogP contribution < -0.4 is 10.6 Å². The molecule has 0 bridgehead atoms. The molecule has 1 aromatic rings. The molecule has 21 heavy (non-hydrogen) atoms. The molecule has 1 atom stereocenters. The van der Waals surface area contributed by atoms with Crippen LogP contribution in [0.15, 0.2) is 22.7 Å². The summed E-state index contributed by atoms with van der Waals surface area (Å²) in [6.45, 7) is 5.59. The molecule has 0 aliphatic carbocycles. The zero-order chi connectivity index (χ0) is 15.4. The summed E-state index contributed by atoms with van der Waals surface area (Å²) in [6, 6.07) is 6.92. The number of piperidine rings is 1. The predicted octanol–water partition coefficient (Wildman–Crippen LogP) is 3.12. The van der Waals surface area contributed by atoms with Crippen molar-refractivity contribution in [2.45, 2.75) is 32.2 Å². The summed E-state index contributed by atoms with van der Waals surface area (Å²) >= 11 is 3.70. The summed E-state index contributed by atoms with van der Waals surface area (Å²) < 4.78 is 1.19. The van der Waals surface area contributed by atoms with Gasteiger partial charge in [-0.25, -0.2) is 0 Å². The van der Waals surface area contributed by atoms with Gasteiger partial charge in [0, 0.05) is 35.8 Å². The Bertz CT molecular complexity index is 451. The van der Waals surface area contributed by atoms with Crippen molar-refractivity contribution < 1.29 is 0 Å². The third kappa shape index (κ3) is 4.97. The maximum absolute atomic E-state index is 5.89. The van der Waals surface area contributed by atoms with Gasteiger partial charge < -0.3 is 15.5 Å². The average molecular weight is 354 g/mol. The molecule has 1 aliphatic heterocycles.